The van der Waals surface area contributed by atoms with Crippen LogP contribution < -0.4 is 15.0 Å². The van der Waals surface area contributed by atoms with Gasteiger partial charge in [-0.25, -0.2) is 13.4 Å². The molecule has 0 saturated carbocycles. The fourth-order valence-electron chi connectivity index (χ4n) is 7.62. The van der Waals surface area contributed by atoms with Crippen molar-refractivity contribution in [1.82, 2.24) is 0 Å². The number of benzene rings is 4. The molecule has 0 atom stereocenters. The van der Waals surface area contributed by atoms with Crippen molar-refractivity contribution in [2.45, 2.75) is 101 Å². The maximum atomic E-state index is 13.1. The number of ether oxygens (including phenoxy) is 1. The third-order valence-corrected chi connectivity index (χ3v) is 12.0. The summed E-state index contributed by atoms with van der Waals surface area (Å²) >= 11 is 0. The molecule has 1 aliphatic carbocycles. The van der Waals surface area contributed by atoms with Gasteiger partial charge in [-0.15, -0.1) is 0 Å². The Hall–Kier alpha value is -4.72. The summed E-state index contributed by atoms with van der Waals surface area (Å²) in [4.78, 5) is 3.45. The van der Waals surface area contributed by atoms with Crippen LogP contribution in [0.2, 0.25) is 0 Å². The van der Waals surface area contributed by atoms with E-state index in [2.05, 4.69) is 130 Å². The summed E-state index contributed by atoms with van der Waals surface area (Å²) in [5, 5.41) is 3.75. The van der Waals surface area contributed by atoms with Crippen LogP contribution in [0, 0.1) is 68.2 Å². The molecule has 4 aromatic rings. The molecular weight excluding hydrogens is 689 g/mol. The summed E-state index contributed by atoms with van der Waals surface area (Å²) in [7, 11) is -3.40. The first-order valence-corrected chi connectivity index (χ1v) is 20.1. The summed E-state index contributed by atoms with van der Waals surface area (Å²) in [5.41, 5.74) is 19.0. The number of allylic oxidation sites excluding steroid dienone is 5. The van der Waals surface area contributed by atoms with Gasteiger partial charge in [0, 0.05) is 45.3 Å². The summed E-state index contributed by atoms with van der Waals surface area (Å²) in [6.07, 6.45) is 6.20. The van der Waals surface area contributed by atoms with E-state index in [9.17, 15) is 13.0 Å². The average Bonchev–Trinajstić information content (AvgIpc) is 3.10. The molecule has 0 aromatic heterocycles. The predicted octanol–water partition coefficient (Wildman–Crippen LogP) is 10.0. The molecule has 0 amide bonds. The highest BCUT2D eigenvalue weighted by Gasteiger charge is 2.27. The Morgan fingerprint density at radius 2 is 1.37 bits per heavy atom. The summed E-state index contributed by atoms with van der Waals surface area (Å²) in [6, 6.07) is 13.9. The molecule has 0 fully saturated rings. The molecule has 54 heavy (non-hydrogen) atoms. The maximum Gasteiger partial charge on any atom is 0.210 e. The topological polar surface area (TPSA) is 92.4 Å². The Morgan fingerprint density at radius 1 is 0.741 bits per heavy atom. The quantitative estimate of drug-likeness (QED) is 0.167. The van der Waals surface area contributed by atoms with E-state index in [1.807, 2.05) is 12.1 Å². The summed E-state index contributed by atoms with van der Waals surface area (Å²) in [6.45, 7) is 27.5. The van der Waals surface area contributed by atoms with Gasteiger partial charge >= 0.3 is 0 Å². The van der Waals surface area contributed by atoms with E-state index in [1.165, 1.54) is 46.6 Å². The smallest absolute Gasteiger partial charge is 0.210 e. The number of anilines is 2. The van der Waals surface area contributed by atoms with E-state index in [0.717, 1.165) is 56.2 Å². The second kappa shape index (κ2) is 15.6. The first kappa shape index (κ1) is 40.5. The van der Waals surface area contributed by atoms with E-state index in [-0.39, 0.29) is 22.3 Å². The molecule has 0 radical (unpaired) electrons. The van der Waals surface area contributed by atoms with Crippen LogP contribution in [-0.2, 0) is 10.1 Å². The Labute approximate surface area is 323 Å². The lowest BCUT2D eigenvalue weighted by Gasteiger charge is -2.25. The first-order valence-electron chi connectivity index (χ1n) is 18.7. The minimum Gasteiger partial charge on any atom is -0.744 e. The number of aryl methyl sites for hydroxylation is 5. The lowest BCUT2D eigenvalue weighted by molar-refractivity contribution is -0.353. The molecule has 0 unspecified atom stereocenters. The van der Waals surface area contributed by atoms with Crippen LogP contribution in [0.5, 0.6) is 5.75 Å². The van der Waals surface area contributed by atoms with Crippen molar-refractivity contribution in [3.8, 4) is 5.75 Å². The zero-order valence-corrected chi connectivity index (χ0v) is 35.3. The van der Waals surface area contributed by atoms with Gasteiger partial charge < -0.3 is 14.6 Å². The molecule has 2 N–H and O–H groups in total. The lowest BCUT2D eigenvalue weighted by atomic mass is 9.84. The van der Waals surface area contributed by atoms with Crippen LogP contribution in [0.15, 0.2) is 76.7 Å². The molecule has 1 aliphatic rings. The number of hydrogen-bond donors (Lipinski definition) is 2. The number of rotatable bonds is 9. The molecular formula is C47H56N2O4S. The van der Waals surface area contributed by atoms with Crippen molar-refractivity contribution < 1.29 is 22.7 Å². The van der Waals surface area contributed by atoms with Crippen LogP contribution in [0.1, 0.15) is 100 Å². The Kier molecular flexibility index (Phi) is 11.7. The molecule has 6 nitrogen and oxygen atoms in total. The normalized spacial score (nSPS) is 15.0. The third kappa shape index (κ3) is 7.89. The van der Waals surface area contributed by atoms with Crippen molar-refractivity contribution in [3.63, 3.8) is 0 Å². The largest absolute Gasteiger partial charge is 0.744 e. The minimum absolute atomic E-state index is 0.116. The molecule has 0 aliphatic heterocycles. The van der Waals surface area contributed by atoms with Gasteiger partial charge in [0.2, 0.25) is 11.4 Å². The highest BCUT2D eigenvalue weighted by atomic mass is 32.2. The average molecular weight is 745 g/mol. The zero-order valence-electron chi connectivity index (χ0n) is 34.5. The first-order chi connectivity index (χ1) is 25.2. The molecule has 4 aromatic carbocycles. The van der Waals surface area contributed by atoms with Gasteiger partial charge in [0.05, 0.1) is 12.0 Å². The van der Waals surface area contributed by atoms with Crippen LogP contribution in [-0.4, -0.2) is 25.8 Å². The van der Waals surface area contributed by atoms with Gasteiger partial charge in [0.1, 0.15) is 15.9 Å². The Balaban J connectivity index is 1.84. The van der Waals surface area contributed by atoms with Crippen molar-refractivity contribution in [1.29, 1.82) is 0 Å². The fraction of sp³-hybridized carbons (Fsp3) is 0.340. The van der Waals surface area contributed by atoms with Crippen LogP contribution in [0.3, 0.4) is 0 Å². The van der Waals surface area contributed by atoms with E-state index in [4.69, 9.17) is 4.74 Å². The van der Waals surface area contributed by atoms with Gasteiger partial charge in [-0.2, -0.15) is 0 Å². The van der Waals surface area contributed by atoms with Gasteiger partial charge in [-0.05, 0) is 172 Å². The van der Waals surface area contributed by atoms with Crippen LogP contribution >= 0.6 is 0 Å². The van der Waals surface area contributed by atoms with Crippen LogP contribution in [0.25, 0.3) is 5.57 Å². The Morgan fingerprint density at radius 3 is 1.96 bits per heavy atom. The van der Waals surface area contributed by atoms with Gasteiger partial charge in [0.15, 0.2) is 0 Å². The second-order valence-corrected chi connectivity index (χ2v) is 17.0. The van der Waals surface area contributed by atoms with Gasteiger partial charge in [0.25, 0.3) is 0 Å². The highest BCUT2D eigenvalue weighted by molar-refractivity contribution is 7.85. The SMILES string of the molecule is COc1cc(C)cc(S(=O)(=O)[O-])c1C(=C1C=CC(=[NH+]c2c(C)cc(C)c(C)c2C)C(C(C)C)=C1)c1ccc(Nc2c(C)cc(C)c(C)c2C)c(C(C)C)c1. The maximum absolute atomic E-state index is 13.1. The zero-order chi connectivity index (χ0) is 40.0. The molecule has 284 valence electrons. The van der Waals surface area contributed by atoms with E-state index in [0.29, 0.717) is 16.9 Å². The number of hydrogen-bond acceptors (Lipinski definition) is 5. The molecule has 0 spiro atoms. The highest BCUT2D eigenvalue weighted by Crippen LogP contribution is 2.43. The van der Waals surface area contributed by atoms with E-state index < -0.39 is 10.1 Å². The monoisotopic (exact) mass is 744 g/mol. The molecule has 5 rings (SSSR count). The number of methoxy groups -OCH3 is 1. The van der Waals surface area contributed by atoms with Gasteiger partial charge in [-0.3, -0.25) is 0 Å². The van der Waals surface area contributed by atoms with Crippen molar-refractivity contribution in [2.24, 2.45) is 5.92 Å². The fourth-order valence-corrected chi connectivity index (χ4v) is 8.41. The standard InChI is InChI=1S/C47H56N2O4S/c1-25(2)38-23-36(15-17-40(38)48-46-30(8)21-28(6)32(10)34(46)12)44(45-42(53-14)19-27(5)20-43(45)54(50,51)52)37-16-18-41(39(24-37)26(3)4)49-47-31(9)22-29(7)33(11)35(47)13/h15-26,48H,1-14H3,(H,50,51,52). The summed E-state index contributed by atoms with van der Waals surface area (Å²) in [5.74, 6) is 0.556. The number of nitrogens with one attached hydrogen (secondary N) is 2. The van der Waals surface area contributed by atoms with E-state index >= 15 is 0 Å². The van der Waals surface area contributed by atoms with Crippen molar-refractivity contribution in [3.05, 3.63) is 139 Å². The molecule has 0 heterocycles. The predicted molar refractivity (Wildman–Crippen MR) is 224 cm³/mol. The van der Waals surface area contributed by atoms with Crippen molar-refractivity contribution >= 4 is 38.5 Å². The summed E-state index contributed by atoms with van der Waals surface area (Å²) < 4.78 is 45.2. The second-order valence-electron chi connectivity index (χ2n) is 15.6. The minimum atomic E-state index is -4.91. The van der Waals surface area contributed by atoms with Crippen molar-refractivity contribution in [2.75, 3.05) is 12.4 Å². The molecule has 0 bridgehead atoms. The molecule has 7 heteroatoms. The molecule has 0 saturated heterocycles. The van der Waals surface area contributed by atoms with Gasteiger partial charge in [-0.1, -0.05) is 39.8 Å². The lowest BCUT2D eigenvalue weighted by Crippen LogP contribution is -2.67. The Bertz CT molecular complexity index is 2410. The van der Waals surface area contributed by atoms with Crippen LogP contribution in [0.4, 0.5) is 17.1 Å². The van der Waals surface area contributed by atoms with E-state index in [1.54, 1.807) is 13.0 Å². The third-order valence-electron chi connectivity index (χ3n) is 11.1.